The summed E-state index contributed by atoms with van der Waals surface area (Å²) in [5, 5.41) is 12.9. The summed E-state index contributed by atoms with van der Waals surface area (Å²) in [6.07, 6.45) is 5.93. The van der Waals surface area contributed by atoms with Gasteiger partial charge in [-0.05, 0) is 43.6 Å². The number of hydrogen-bond donors (Lipinski definition) is 1. The normalized spacial score (nSPS) is 25.6. The molecular formula is C23H32N4OS. The minimum Gasteiger partial charge on any atom is -0.352 e. The van der Waals surface area contributed by atoms with Crippen LogP contribution in [0, 0.1) is 11.8 Å². The van der Waals surface area contributed by atoms with Crippen LogP contribution in [-0.4, -0.2) is 32.0 Å². The summed E-state index contributed by atoms with van der Waals surface area (Å²) >= 11 is 1.53. The Morgan fingerprint density at radius 1 is 1.17 bits per heavy atom. The van der Waals surface area contributed by atoms with Crippen molar-refractivity contribution in [3.8, 4) is 0 Å². The molecule has 2 aliphatic rings. The van der Waals surface area contributed by atoms with Gasteiger partial charge in [0.1, 0.15) is 5.82 Å². The van der Waals surface area contributed by atoms with E-state index in [1.807, 2.05) is 13.0 Å². The molecule has 5 nitrogen and oxygen atoms in total. The van der Waals surface area contributed by atoms with Gasteiger partial charge in [-0.15, -0.1) is 10.2 Å². The number of benzene rings is 1. The third kappa shape index (κ3) is 4.85. The number of thioether (sulfide) groups is 1. The Bertz CT molecular complexity index is 833. The first-order valence-electron chi connectivity index (χ1n) is 11.0. The molecule has 0 aliphatic heterocycles. The van der Waals surface area contributed by atoms with E-state index >= 15 is 0 Å². The van der Waals surface area contributed by atoms with Gasteiger partial charge in [0, 0.05) is 12.0 Å². The molecule has 2 saturated carbocycles. The second kappa shape index (κ2) is 8.90. The van der Waals surface area contributed by atoms with Gasteiger partial charge in [-0.3, -0.25) is 4.79 Å². The number of aromatic nitrogens is 3. The predicted molar refractivity (Wildman–Crippen MR) is 117 cm³/mol. The van der Waals surface area contributed by atoms with Gasteiger partial charge in [0.15, 0.2) is 5.16 Å². The monoisotopic (exact) mass is 412 g/mol. The summed E-state index contributed by atoms with van der Waals surface area (Å²) in [7, 11) is 0. The van der Waals surface area contributed by atoms with E-state index in [1.54, 1.807) is 0 Å². The lowest BCUT2D eigenvalue weighted by Gasteiger charge is -2.35. The largest absolute Gasteiger partial charge is 0.352 e. The van der Waals surface area contributed by atoms with Crippen LogP contribution in [-0.2, 0) is 11.3 Å². The van der Waals surface area contributed by atoms with Crippen LogP contribution in [0.5, 0.6) is 0 Å². The van der Waals surface area contributed by atoms with Gasteiger partial charge in [-0.2, -0.15) is 0 Å². The Labute approximate surface area is 178 Å². The molecule has 6 heteroatoms. The predicted octanol–water partition coefficient (Wildman–Crippen LogP) is 4.63. The fourth-order valence-electron chi connectivity index (χ4n) is 4.24. The Kier molecular flexibility index (Phi) is 6.28. The van der Waals surface area contributed by atoms with Crippen LogP contribution in [0.15, 0.2) is 35.5 Å². The van der Waals surface area contributed by atoms with Crippen molar-refractivity contribution in [3.63, 3.8) is 0 Å². The lowest BCUT2D eigenvalue weighted by atomic mass is 9.78. The summed E-state index contributed by atoms with van der Waals surface area (Å²) in [5.74, 6) is 2.91. The lowest BCUT2D eigenvalue weighted by molar-refractivity contribution is -0.121. The second-order valence-corrected chi connectivity index (χ2v) is 10.1. The van der Waals surface area contributed by atoms with E-state index in [0.717, 1.165) is 23.9 Å². The highest BCUT2D eigenvalue weighted by Crippen LogP contribution is 2.40. The number of carbonyl (C=O) groups is 1. The minimum atomic E-state index is -0.190. The van der Waals surface area contributed by atoms with Crippen molar-refractivity contribution >= 4 is 17.7 Å². The fourth-order valence-corrected chi connectivity index (χ4v) is 5.11. The lowest BCUT2D eigenvalue weighted by Crippen LogP contribution is -2.46. The zero-order valence-corrected chi connectivity index (χ0v) is 18.5. The van der Waals surface area contributed by atoms with Gasteiger partial charge in [-0.25, -0.2) is 0 Å². The molecule has 0 radical (unpaired) electrons. The number of carbonyl (C=O) groups excluding carboxylic acids is 1. The number of nitrogens with zero attached hydrogens (tertiary/aromatic N) is 3. The number of amides is 1. The maximum absolute atomic E-state index is 12.9. The van der Waals surface area contributed by atoms with Crippen molar-refractivity contribution in [3.05, 3.63) is 41.7 Å². The van der Waals surface area contributed by atoms with Crippen molar-refractivity contribution in [2.24, 2.45) is 11.8 Å². The van der Waals surface area contributed by atoms with Crippen LogP contribution in [0.3, 0.4) is 0 Å². The Hall–Kier alpha value is -1.82. The van der Waals surface area contributed by atoms with Crippen LogP contribution in [0.1, 0.15) is 70.2 Å². The van der Waals surface area contributed by atoms with Crippen LogP contribution in [0.25, 0.3) is 0 Å². The molecule has 2 aliphatic carbocycles. The van der Waals surface area contributed by atoms with Gasteiger partial charge < -0.3 is 9.88 Å². The molecule has 2 aromatic rings. The highest BCUT2D eigenvalue weighted by Gasteiger charge is 2.32. The van der Waals surface area contributed by atoms with Gasteiger partial charge in [0.2, 0.25) is 5.91 Å². The molecule has 1 amide bonds. The second-order valence-electron chi connectivity index (χ2n) is 8.83. The van der Waals surface area contributed by atoms with Crippen molar-refractivity contribution in [2.75, 3.05) is 0 Å². The van der Waals surface area contributed by atoms with Crippen LogP contribution < -0.4 is 5.32 Å². The van der Waals surface area contributed by atoms with Crippen LogP contribution in [0.4, 0.5) is 0 Å². The molecule has 1 aromatic heterocycles. The van der Waals surface area contributed by atoms with Crippen LogP contribution >= 0.6 is 11.8 Å². The highest BCUT2D eigenvalue weighted by molar-refractivity contribution is 8.00. The van der Waals surface area contributed by atoms with E-state index in [1.165, 1.54) is 43.0 Å². The SMILES string of the molecule is C[C@H]1[C@@H](NC(=O)[C@@H](C)Sc2nnc(C3CC3)n2Cc2ccccc2)CCC[C@@H]1C. The summed E-state index contributed by atoms with van der Waals surface area (Å²) < 4.78 is 2.22. The molecule has 156 valence electrons. The molecule has 0 bridgehead atoms. The molecule has 0 spiro atoms. The third-order valence-corrected chi connectivity index (χ3v) is 7.64. The average Bonchev–Trinajstić information content (AvgIpc) is 3.49. The first-order chi connectivity index (χ1) is 14.0. The van der Waals surface area contributed by atoms with Crippen LogP contribution in [0.2, 0.25) is 0 Å². The van der Waals surface area contributed by atoms with E-state index in [9.17, 15) is 4.79 Å². The maximum atomic E-state index is 12.9. The molecule has 4 atom stereocenters. The molecule has 1 heterocycles. The minimum absolute atomic E-state index is 0.114. The van der Waals surface area contributed by atoms with Gasteiger partial charge >= 0.3 is 0 Å². The van der Waals surface area contributed by atoms with E-state index in [2.05, 4.69) is 58.2 Å². The molecule has 1 aromatic carbocycles. The smallest absolute Gasteiger partial charge is 0.233 e. The van der Waals surface area contributed by atoms with Gasteiger partial charge in [0.05, 0.1) is 11.8 Å². The molecule has 0 saturated heterocycles. The number of nitrogens with one attached hydrogen (secondary N) is 1. The highest BCUT2D eigenvalue weighted by atomic mass is 32.2. The van der Waals surface area contributed by atoms with E-state index < -0.39 is 0 Å². The Morgan fingerprint density at radius 2 is 1.93 bits per heavy atom. The summed E-state index contributed by atoms with van der Waals surface area (Å²) in [6.45, 7) is 7.31. The van der Waals surface area contributed by atoms with Crippen molar-refractivity contribution in [2.45, 2.75) is 81.8 Å². The van der Waals surface area contributed by atoms with Crippen molar-refractivity contribution in [1.82, 2.24) is 20.1 Å². The van der Waals surface area contributed by atoms with E-state index in [0.29, 0.717) is 23.8 Å². The van der Waals surface area contributed by atoms with Crippen molar-refractivity contribution in [1.29, 1.82) is 0 Å². The number of rotatable bonds is 7. The first-order valence-corrected chi connectivity index (χ1v) is 11.8. The summed E-state index contributed by atoms with van der Waals surface area (Å²) in [5.41, 5.74) is 1.23. The summed E-state index contributed by atoms with van der Waals surface area (Å²) in [6, 6.07) is 10.7. The standard InChI is InChI=1S/C23H32N4OS/c1-15-8-7-11-20(16(15)2)24-22(28)17(3)29-23-26-25-21(19-12-13-19)27(23)14-18-9-5-4-6-10-18/h4-6,9-10,15-17,19-20H,7-8,11-14H2,1-3H3,(H,24,28)/t15-,16+,17+,20-/m0/s1. The molecule has 1 N–H and O–H groups in total. The number of hydrogen-bond acceptors (Lipinski definition) is 4. The first kappa shape index (κ1) is 20.5. The van der Waals surface area contributed by atoms with E-state index in [4.69, 9.17) is 0 Å². The average molecular weight is 413 g/mol. The Morgan fingerprint density at radius 3 is 2.66 bits per heavy atom. The van der Waals surface area contributed by atoms with Crippen molar-refractivity contribution < 1.29 is 4.79 Å². The van der Waals surface area contributed by atoms with Gasteiger partial charge in [-0.1, -0.05) is 68.8 Å². The molecule has 0 unspecified atom stereocenters. The molecule has 4 rings (SSSR count). The van der Waals surface area contributed by atoms with Gasteiger partial charge in [0.25, 0.3) is 0 Å². The molecule has 2 fully saturated rings. The summed E-state index contributed by atoms with van der Waals surface area (Å²) in [4.78, 5) is 12.9. The topological polar surface area (TPSA) is 59.8 Å². The fraction of sp³-hybridized carbons (Fsp3) is 0.609. The zero-order valence-electron chi connectivity index (χ0n) is 17.7. The Balaban J connectivity index is 1.45. The van der Waals surface area contributed by atoms with E-state index in [-0.39, 0.29) is 11.2 Å². The zero-order chi connectivity index (χ0) is 20.4. The maximum Gasteiger partial charge on any atom is 0.233 e. The quantitative estimate of drug-likeness (QED) is 0.674. The molecular weight excluding hydrogens is 380 g/mol. The third-order valence-electron chi connectivity index (χ3n) is 6.56. The molecule has 29 heavy (non-hydrogen) atoms.